The Labute approximate surface area is 107 Å². The van der Waals surface area contributed by atoms with Gasteiger partial charge in [-0.15, -0.1) is 0 Å². The summed E-state index contributed by atoms with van der Waals surface area (Å²) >= 11 is 0. The number of hydrogen-bond acceptors (Lipinski definition) is 3. The van der Waals surface area contributed by atoms with Crippen LogP contribution in [0.1, 0.15) is 43.6 Å². The largest absolute Gasteiger partial charge is 0.361 e. The Morgan fingerprint density at radius 1 is 1.50 bits per heavy atom. The zero-order valence-electron chi connectivity index (χ0n) is 10.9. The predicted octanol–water partition coefficient (Wildman–Crippen LogP) is 2.53. The molecule has 1 aromatic rings. The van der Waals surface area contributed by atoms with E-state index < -0.39 is 0 Å². The highest BCUT2D eigenvalue weighted by atomic mass is 16.5. The highest BCUT2D eigenvalue weighted by molar-refractivity contribution is 5.78. The van der Waals surface area contributed by atoms with Gasteiger partial charge in [-0.1, -0.05) is 16.8 Å². The lowest BCUT2D eigenvalue weighted by molar-refractivity contribution is -0.120. The monoisotopic (exact) mass is 248 g/mol. The number of aryl methyl sites for hydroxylation is 1. The lowest BCUT2D eigenvalue weighted by Gasteiger charge is -2.12. The van der Waals surface area contributed by atoms with Crippen LogP contribution in [-0.4, -0.2) is 17.6 Å². The molecule has 1 N–H and O–H groups in total. The summed E-state index contributed by atoms with van der Waals surface area (Å²) in [6.07, 6.45) is 8.58. The first-order chi connectivity index (χ1) is 8.74. The molecule has 0 aliphatic heterocycles. The SMILES string of the molecule is Cc1cc(CC(=O)NCCC2=CCCCC2)no1. The molecule has 1 aliphatic rings. The van der Waals surface area contributed by atoms with Gasteiger partial charge < -0.3 is 9.84 Å². The van der Waals surface area contributed by atoms with Crippen LogP contribution < -0.4 is 5.32 Å². The molecule has 98 valence electrons. The van der Waals surface area contributed by atoms with Crippen molar-refractivity contribution in [1.29, 1.82) is 0 Å². The maximum absolute atomic E-state index is 11.7. The van der Waals surface area contributed by atoms with Gasteiger partial charge in [0.1, 0.15) is 5.76 Å². The van der Waals surface area contributed by atoms with E-state index in [2.05, 4.69) is 16.5 Å². The van der Waals surface area contributed by atoms with E-state index in [9.17, 15) is 4.79 Å². The van der Waals surface area contributed by atoms with Gasteiger partial charge in [0.15, 0.2) is 0 Å². The molecule has 0 aromatic carbocycles. The number of nitrogens with one attached hydrogen (secondary N) is 1. The van der Waals surface area contributed by atoms with E-state index in [1.54, 1.807) is 6.07 Å². The molecule has 2 rings (SSSR count). The number of rotatable bonds is 5. The molecule has 0 fully saturated rings. The Balaban J connectivity index is 1.67. The van der Waals surface area contributed by atoms with Crippen molar-refractivity contribution >= 4 is 5.91 Å². The number of nitrogens with zero attached hydrogens (tertiary/aromatic N) is 1. The minimum Gasteiger partial charge on any atom is -0.361 e. The molecule has 0 radical (unpaired) electrons. The fourth-order valence-electron chi connectivity index (χ4n) is 2.22. The molecule has 4 heteroatoms. The fraction of sp³-hybridized carbons (Fsp3) is 0.571. The van der Waals surface area contributed by atoms with Crippen LogP contribution >= 0.6 is 0 Å². The molecule has 1 aliphatic carbocycles. The Kier molecular flexibility index (Phi) is 4.56. The summed E-state index contributed by atoms with van der Waals surface area (Å²) in [7, 11) is 0. The molecule has 1 aromatic heterocycles. The van der Waals surface area contributed by atoms with Gasteiger partial charge in [-0.25, -0.2) is 0 Å². The lowest BCUT2D eigenvalue weighted by Crippen LogP contribution is -2.26. The number of hydrogen-bond donors (Lipinski definition) is 1. The van der Waals surface area contributed by atoms with Gasteiger partial charge in [0.05, 0.1) is 12.1 Å². The van der Waals surface area contributed by atoms with E-state index in [4.69, 9.17) is 4.52 Å². The van der Waals surface area contributed by atoms with Crippen LogP contribution in [0.25, 0.3) is 0 Å². The maximum Gasteiger partial charge on any atom is 0.226 e. The Bertz CT molecular complexity index is 435. The summed E-state index contributed by atoms with van der Waals surface area (Å²) in [4.78, 5) is 11.7. The fourth-order valence-corrected chi connectivity index (χ4v) is 2.22. The first kappa shape index (κ1) is 12.9. The third kappa shape index (κ3) is 4.02. The standard InChI is InChI=1S/C14H20N2O2/c1-11-9-13(16-18-11)10-14(17)15-8-7-12-5-3-2-4-6-12/h5,9H,2-4,6-8,10H2,1H3,(H,15,17). The number of amides is 1. The van der Waals surface area contributed by atoms with Gasteiger partial charge in [-0.3, -0.25) is 4.79 Å². The van der Waals surface area contributed by atoms with Crippen molar-refractivity contribution in [2.45, 2.75) is 45.4 Å². The molecule has 18 heavy (non-hydrogen) atoms. The number of carbonyl (C=O) groups excluding carboxylic acids is 1. The zero-order chi connectivity index (χ0) is 12.8. The number of aromatic nitrogens is 1. The smallest absolute Gasteiger partial charge is 0.226 e. The van der Waals surface area contributed by atoms with Crippen molar-refractivity contribution < 1.29 is 9.32 Å². The second-order valence-corrected chi connectivity index (χ2v) is 4.81. The molecule has 0 atom stereocenters. The van der Waals surface area contributed by atoms with Gasteiger partial charge in [0.2, 0.25) is 5.91 Å². The summed E-state index contributed by atoms with van der Waals surface area (Å²) in [5.41, 5.74) is 2.18. The van der Waals surface area contributed by atoms with Crippen LogP contribution in [0.3, 0.4) is 0 Å². The first-order valence-corrected chi connectivity index (χ1v) is 6.61. The maximum atomic E-state index is 11.7. The molecule has 0 saturated heterocycles. The molecule has 1 heterocycles. The van der Waals surface area contributed by atoms with Gasteiger partial charge in [-0.05, 0) is 39.0 Å². The van der Waals surface area contributed by atoms with E-state index >= 15 is 0 Å². The minimum absolute atomic E-state index is 0.0136. The predicted molar refractivity (Wildman–Crippen MR) is 69.1 cm³/mol. The molecule has 1 amide bonds. The highest BCUT2D eigenvalue weighted by Gasteiger charge is 2.08. The van der Waals surface area contributed by atoms with Gasteiger partial charge in [-0.2, -0.15) is 0 Å². The molecule has 0 bridgehead atoms. The number of allylic oxidation sites excluding steroid dienone is 1. The Morgan fingerprint density at radius 3 is 3.06 bits per heavy atom. The molecular weight excluding hydrogens is 228 g/mol. The summed E-state index contributed by atoms with van der Waals surface area (Å²) in [5, 5.41) is 6.73. The van der Waals surface area contributed by atoms with Gasteiger partial charge in [0, 0.05) is 12.6 Å². The second kappa shape index (κ2) is 6.38. The Morgan fingerprint density at radius 2 is 2.39 bits per heavy atom. The van der Waals surface area contributed by atoms with E-state index in [0.29, 0.717) is 12.1 Å². The third-order valence-corrected chi connectivity index (χ3v) is 3.17. The summed E-state index contributed by atoms with van der Waals surface area (Å²) < 4.78 is 4.93. The van der Waals surface area contributed by atoms with E-state index in [1.807, 2.05) is 6.92 Å². The second-order valence-electron chi connectivity index (χ2n) is 4.81. The zero-order valence-corrected chi connectivity index (χ0v) is 10.9. The van der Waals surface area contributed by atoms with E-state index in [0.717, 1.165) is 18.7 Å². The molecule has 4 nitrogen and oxygen atoms in total. The quantitative estimate of drug-likeness (QED) is 0.815. The summed E-state index contributed by atoms with van der Waals surface area (Å²) in [6, 6.07) is 1.79. The van der Waals surface area contributed by atoms with Gasteiger partial charge >= 0.3 is 0 Å². The van der Waals surface area contributed by atoms with Crippen molar-refractivity contribution in [3.63, 3.8) is 0 Å². The summed E-state index contributed by atoms with van der Waals surface area (Å²) in [5.74, 6) is 0.755. The average Bonchev–Trinajstić information content (AvgIpc) is 2.76. The van der Waals surface area contributed by atoms with Crippen LogP contribution in [0.4, 0.5) is 0 Å². The highest BCUT2D eigenvalue weighted by Crippen LogP contribution is 2.19. The topological polar surface area (TPSA) is 55.1 Å². The van der Waals surface area contributed by atoms with E-state index in [1.165, 1.54) is 31.3 Å². The van der Waals surface area contributed by atoms with Crippen LogP contribution in [0.15, 0.2) is 22.2 Å². The van der Waals surface area contributed by atoms with Crippen molar-refractivity contribution in [1.82, 2.24) is 10.5 Å². The van der Waals surface area contributed by atoms with Crippen molar-refractivity contribution in [3.8, 4) is 0 Å². The lowest BCUT2D eigenvalue weighted by atomic mass is 9.97. The van der Waals surface area contributed by atoms with Crippen LogP contribution in [0.5, 0.6) is 0 Å². The molecule has 0 saturated carbocycles. The van der Waals surface area contributed by atoms with Crippen LogP contribution in [-0.2, 0) is 11.2 Å². The normalized spacial score (nSPS) is 15.3. The van der Waals surface area contributed by atoms with Crippen molar-refractivity contribution in [3.05, 3.63) is 29.2 Å². The van der Waals surface area contributed by atoms with Crippen LogP contribution in [0.2, 0.25) is 0 Å². The van der Waals surface area contributed by atoms with Crippen LogP contribution in [0, 0.1) is 6.92 Å². The minimum atomic E-state index is 0.0136. The Hall–Kier alpha value is -1.58. The molecule has 0 unspecified atom stereocenters. The van der Waals surface area contributed by atoms with Crippen molar-refractivity contribution in [2.24, 2.45) is 0 Å². The van der Waals surface area contributed by atoms with Gasteiger partial charge in [0.25, 0.3) is 0 Å². The summed E-state index contributed by atoms with van der Waals surface area (Å²) in [6.45, 7) is 2.55. The first-order valence-electron chi connectivity index (χ1n) is 6.61. The third-order valence-electron chi connectivity index (χ3n) is 3.17. The van der Waals surface area contributed by atoms with Crippen molar-refractivity contribution in [2.75, 3.05) is 6.54 Å². The number of carbonyl (C=O) groups is 1. The molecule has 0 spiro atoms. The molecular formula is C14H20N2O2. The average molecular weight is 248 g/mol. The van der Waals surface area contributed by atoms with E-state index in [-0.39, 0.29) is 5.91 Å².